The van der Waals surface area contributed by atoms with E-state index in [9.17, 15) is 5.11 Å². The molecule has 0 aromatic rings. The third-order valence-corrected chi connectivity index (χ3v) is 3.14. The monoisotopic (exact) mass is 182 g/mol. The number of likely N-dealkylation sites (N-methyl/N-ethyl adjacent to an activating group) is 1. The number of aliphatic hydroxyl groups is 1. The molecule has 3 atom stereocenters. The first kappa shape index (κ1) is 10.5. The highest BCUT2D eigenvalue weighted by Gasteiger charge is 2.44. The molecule has 1 fully saturated rings. The molecular formula is C10H18N2O. The number of β-amino-alcohol motifs (C(OH)–C–C–N with tert-alkyl or cyclic N) is 1. The zero-order valence-electron chi connectivity index (χ0n) is 8.62. The van der Waals surface area contributed by atoms with E-state index in [0.717, 1.165) is 12.8 Å². The zero-order chi connectivity index (χ0) is 10.1. The molecule has 3 heteroatoms. The number of rotatable bonds is 2. The SMILES string of the molecule is CCC(C#N)C1(O)CC(C)N(C)C1. The minimum Gasteiger partial charge on any atom is -0.387 e. The smallest absolute Gasteiger partial charge is 0.0946 e. The molecule has 74 valence electrons. The van der Waals surface area contributed by atoms with Gasteiger partial charge in [-0.2, -0.15) is 5.26 Å². The standard InChI is InChI=1S/C10H18N2O/c1-4-9(6-11)10(13)5-8(2)12(3)7-10/h8-9,13H,4-5,7H2,1-3H3. The Morgan fingerprint density at radius 3 is 2.69 bits per heavy atom. The summed E-state index contributed by atoms with van der Waals surface area (Å²) in [4.78, 5) is 2.11. The van der Waals surface area contributed by atoms with E-state index in [1.54, 1.807) is 0 Å². The van der Waals surface area contributed by atoms with E-state index < -0.39 is 5.60 Å². The number of likely N-dealkylation sites (tertiary alicyclic amines) is 1. The molecule has 1 aliphatic heterocycles. The largest absolute Gasteiger partial charge is 0.387 e. The van der Waals surface area contributed by atoms with Crippen molar-refractivity contribution in [3.63, 3.8) is 0 Å². The van der Waals surface area contributed by atoms with Gasteiger partial charge in [-0.15, -0.1) is 0 Å². The predicted octanol–water partition coefficient (Wildman–Crippen LogP) is 0.991. The lowest BCUT2D eigenvalue weighted by molar-refractivity contribution is 0.0122. The summed E-state index contributed by atoms with van der Waals surface area (Å²) in [5.41, 5.74) is -0.780. The molecule has 0 aliphatic carbocycles. The van der Waals surface area contributed by atoms with Gasteiger partial charge in [0.15, 0.2) is 0 Å². The minimum absolute atomic E-state index is 0.222. The maximum absolute atomic E-state index is 10.2. The van der Waals surface area contributed by atoms with Crippen molar-refractivity contribution in [2.75, 3.05) is 13.6 Å². The molecule has 0 amide bonds. The topological polar surface area (TPSA) is 47.3 Å². The highest BCUT2D eigenvalue weighted by molar-refractivity contribution is 5.04. The lowest BCUT2D eigenvalue weighted by Crippen LogP contribution is -2.39. The van der Waals surface area contributed by atoms with Crippen LogP contribution < -0.4 is 0 Å². The van der Waals surface area contributed by atoms with Crippen molar-refractivity contribution in [3.05, 3.63) is 0 Å². The predicted molar refractivity (Wildman–Crippen MR) is 51.1 cm³/mol. The Balaban J connectivity index is 2.74. The third kappa shape index (κ3) is 1.84. The summed E-state index contributed by atoms with van der Waals surface area (Å²) in [6.45, 7) is 4.66. The van der Waals surface area contributed by atoms with Crippen molar-refractivity contribution in [2.45, 2.75) is 38.3 Å². The number of hydrogen-bond donors (Lipinski definition) is 1. The van der Waals surface area contributed by atoms with Crippen LogP contribution in [-0.4, -0.2) is 35.2 Å². The molecule has 1 saturated heterocycles. The molecule has 13 heavy (non-hydrogen) atoms. The second kappa shape index (κ2) is 3.65. The molecule has 1 aliphatic rings. The molecule has 3 nitrogen and oxygen atoms in total. The Morgan fingerprint density at radius 2 is 2.38 bits per heavy atom. The van der Waals surface area contributed by atoms with Crippen molar-refractivity contribution in [1.82, 2.24) is 4.90 Å². The van der Waals surface area contributed by atoms with Gasteiger partial charge in [0.05, 0.1) is 17.6 Å². The van der Waals surface area contributed by atoms with Crippen molar-refractivity contribution in [1.29, 1.82) is 5.26 Å². The Kier molecular flexibility index (Phi) is 2.94. The van der Waals surface area contributed by atoms with Gasteiger partial charge in [0, 0.05) is 12.6 Å². The van der Waals surface area contributed by atoms with Gasteiger partial charge in [-0.25, -0.2) is 0 Å². The van der Waals surface area contributed by atoms with Crippen LogP contribution in [0.1, 0.15) is 26.7 Å². The summed E-state index contributed by atoms with van der Waals surface area (Å²) in [5, 5.41) is 19.1. The Morgan fingerprint density at radius 1 is 1.77 bits per heavy atom. The maximum Gasteiger partial charge on any atom is 0.0946 e. The average Bonchev–Trinajstić information content (AvgIpc) is 2.29. The van der Waals surface area contributed by atoms with Crippen molar-refractivity contribution >= 4 is 0 Å². The molecular weight excluding hydrogens is 164 g/mol. The molecule has 1 rings (SSSR count). The van der Waals surface area contributed by atoms with Gasteiger partial charge in [-0.1, -0.05) is 6.92 Å². The second-order valence-electron chi connectivity index (χ2n) is 4.16. The summed E-state index contributed by atoms with van der Waals surface area (Å²) in [5.74, 6) is -0.222. The fraction of sp³-hybridized carbons (Fsp3) is 0.900. The summed E-state index contributed by atoms with van der Waals surface area (Å²) in [6, 6.07) is 2.58. The van der Waals surface area contributed by atoms with E-state index >= 15 is 0 Å². The fourth-order valence-corrected chi connectivity index (χ4v) is 2.16. The summed E-state index contributed by atoms with van der Waals surface area (Å²) < 4.78 is 0. The average molecular weight is 182 g/mol. The van der Waals surface area contributed by atoms with E-state index in [-0.39, 0.29) is 5.92 Å². The molecule has 1 heterocycles. The van der Waals surface area contributed by atoms with Gasteiger partial charge in [0.2, 0.25) is 0 Å². The van der Waals surface area contributed by atoms with Crippen LogP contribution in [0.4, 0.5) is 0 Å². The maximum atomic E-state index is 10.2. The number of nitriles is 1. The van der Waals surface area contributed by atoms with Crippen molar-refractivity contribution in [3.8, 4) is 6.07 Å². The zero-order valence-corrected chi connectivity index (χ0v) is 8.62. The Hall–Kier alpha value is -0.590. The third-order valence-electron chi connectivity index (χ3n) is 3.14. The van der Waals surface area contributed by atoms with Gasteiger partial charge < -0.3 is 10.0 Å². The molecule has 3 unspecified atom stereocenters. The van der Waals surface area contributed by atoms with Crippen LogP contribution in [0.3, 0.4) is 0 Å². The van der Waals surface area contributed by atoms with Gasteiger partial charge in [-0.3, -0.25) is 0 Å². The van der Waals surface area contributed by atoms with Gasteiger partial charge >= 0.3 is 0 Å². The Bertz CT molecular complexity index is 211. The van der Waals surface area contributed by atoms with E-state index in [1.807, 2.05) is 14.0 Å². The molecule has 0 spiro atoms. The van der Waals surface area contributed by atoms with Crippen LogP contribution in [0.2, 0.25) is 0 Å². The van der Waals surface area contributed by atoms with E-state index in [0.29, 0.717) is 12.6 Å². The highest BCUT2D eigenvalue weighted by atomic mass is 16.3. The van der Waals surface area contributed by atoms with Gasteiger partial charge in [0.25, 0.3) is 0 Å². The molecule has 1 N–H and O–H groups in total. The minimum atomic E-state index is -0.780. The van der Waals surface area contributed by atoms with E-state index in [4.69, 9.17) is 5.26 Å². The quantitative estimate of drug-likeness (QED) is 0.692. The number of nitrogens with zero attached hydrogens (tertiary/aromatic N) is 2. The van der Waals surface area contributed by atoms with Crippen molar-refractivity contribution < 1.29 is 5.11 Å². The first-order valence-corrected chi connectivity index (χ1v) is 4.85. The molecule has 0 aromatic carbocycles. The van der Waals surface area contributed by atoms with Crippen LogP contribution in [0.25, 0.3) is 0 Å². The van der Waals surface area contributed by atoms with E-state index in [2.05, 4.69) is 17.9 Å². The van der Waals surface area contributed by atoms with Gasteiger partial charge in [-0.05, 0) is 26.8 Å². The van der Waals surface area contributed by atoms with E-state index in [1.165, 1.54) is 0 Å². The van der Waals surface area contributed by atoms with Crippen LogP contribution >= 0.6 is 0 Å². The van der Waals surface area contributed by atoms with Crippen LogP contribution in [0, 0.1) is 17.2 Å². The van der Waals surface area contributed by atoms with Crippen LogP contribution in [0.5, 0.6) is 0 Å². The lowest BCUT2D eigenvalue weighted by Gasteiger charge is -2.26. The molecule has 0 aromatic heterocycles. The van der Waals surface area contributed by atoms with Crippen molar-refractivity contribution in [2.24, 2.45) is 5.92 Å². The second-order valence-corrected chi connectivity index (χ2v) is 4.16. The van der Waals surface area contributed by atoms with Crippen LogP contribution in [-0.2, 0) is 0 Å². The summed E-state index contributed by atoms with van der Waals surface area (Å²) >= 11 is 0. The fourth-order valence-electron chi connectivity index (χ4n) is 2.16. The molecule has 0 bridgehead atoms. The lowest BCUT2D eigenvalue weighted by atomic mass is 9.84. The van der Waals surface area contributed by atoms with Crippen LogP contribution in [0.15, 0.2) is 0 Å². The number of hydrogen-bond acceptors (Lipinski definition) is 3. The Labute approximate surface area is 80.0 Å². The highest BCUT2D eigenvalue weighted by Crippen LogP contribution is 2.33. The normalized spacial score (nSPS) is 37.3. The van der Waals surface area contributed by atoms with Gasteiger partial charge in [0.1, 0.15) is 0 Å². The first-order valence-electron chi connectivity index (χ1n) is 4.85. The first-order chi connectivity index (χ1) is 6.03. The summed E-state index contributed by atoms with van der Waals surface area (Å²) in [7, 11) is 1.99. The summed E-state index contributed by atoms with van der Waals surface area (Å²) in [6.07, 6.45) is 1.45. The molecule has 0 radical (unpaired) electrons. The molecule has 0 saturated carbocycles.